The van der Waals surface area contributed by atoms with Crippen molar-refractivity contribution in [2.75, 3.05) is 0 Å². The third kappa shape index (κ3) is 3.73. The van der Waals surface area contributed by atoms with Gasteiger partial charge in [-0.25, -0.2) is 0 Å². The van der Waals surface area contributed by atoms with Gasteiger partial charge in [0, 0.05) is 23.3 Å². The van der Waals surface area contributed by atoms with Gasteiger partial charge in [0.1, 0.15) is 0 Å². The van der Waals surface area contributed by atoms with Crippen molar-refractivity contribution in [3.8, 4) is 11.3 Å². The van der Waals surface area contributed by atoms with E-state index in [0.717, 1.165) is 27.6 Å². The number of fused-ring (bicyclic) bond motifs is 1. The van der Waals surface area contributed by atoms with Gasteiger partial charge in [0.25, 0.3) is 0 Å². The summed E-state index contributed by atoms with van der Waals surface area (Å²) < 4.78 is 5.77. The van der Waals surface area contributed by atoms with Crippen molar-refractivity contribution >= 4 is 23.8 Å². The van der Waals surface area contributed by atoms with Gasteiger partial charge >= 0.3 is 7.48 Å². The first-order valence-electron chi connectivity index (χ1n) is 8.31. The number of benzene rings is 1. The average molecular weight is 333 g/mol. The summed E-state index contributed by atoms with van der Waals surface area (Å²) in [5.41, 5.74) is 1.99. The maximum absolute atomic E-state index is 10.1. The predicted molar refractivity (Wildman–Crippen MR) is 102 cm³/mol. The third-order valence-corrected chi connectivity index (χ3v) is 4.66. The lowest BCUT2D eigenvalue weighted by Gasteiger charge is -2.37. The molecule has 0 aliphatic rings. The number of pyridine rings is 2. The van der Waals surface area contributed by atoms with Crippen LogP contribution in [0.3, 0.4) is 0 Å². The zero-order valence-electron chi connectivity index (χ0n) is 15.0. The average Bonchev–Trinajstić information content (AvgIpc) is 2.59. The highest BCUT2D eigenvalue weighted by Crippen LogP contribution is 2.25. The van der Waals surface area contributed by atoms with Gasteiger partial charge in [-0.3, -0.25) is 9.97 Å². The van der Waals surface area contributed by atoms with E-state index in [1.807, 2.05) is 56.3 Å². The fourth-order valence-electron chi connectivity index (χ4n) is 2.30. The molecule has 1 radical (unpaired) electrons. The normalized spacial score (nSPS) is 12.4. The number of para-hydroxylation sites is 1. The number of hydrogen-bond donors (Lipinski definition) is 1. The van der Waals surface area contributed by atoms with Crippen LogP contribution in [-0.2, 0) is 4.65 Å². The number of nitrogens with zero attached hydrogens (tertiary/aromatic N) is 2. The molecule has 127 valence electrons. The molecule has 4 nitrogen and oxygen atoms in total. The molecule has 3 rings (SSSR count). The predicted octanol–water partition coefficient (Wildman–Crippen LogP) is 3.11. The Kier molecular flexibility index (Phi) is 4.63. The zero-order chi connectivity index (χ0) is 18.1. The van der Waals surface area contributed by atoms with Crippen LogP contribution >= 0.6 is 0 Å². The second-order valence-corrected chi connectivity index (χ2v) is 7.16. The minimum absolute atomic E-state index is 0.703. The SMILES string of the molecule is CC(C)(O)C(C)(C)O[B]c1ccc(-c2cccc3cccnc23)nc1. The molecule has 0 saturated carbocycles. The van der Waals surface area contributed by atoms with E-state index >= 15 is 0 Å². The summed E-state index contributed by atoms with van der Waals surface area (Å²) >= 11 is 0. The fraction of sp³-hybridized carbons (Fsp3) is 0.300. The highest BCUT2D eigenvalue weighted by atomic mass is 16.5. The zero-order valence-corrected chi connectivity index (χ0v) is 15.0. The van der Waals surface area contributed by atoms with E-state index in [-0.39, 0.29) is 0 Å². The van der Waals surface area contributed by atoms with Gasteiger partial charge in [0.15, 0.2) is 0 Å². The molecule has 0 aliphatic carbocycles. The lowest BCUT2D eigenvalue weighted by Crippen LogP contribution is -2.49. The second kappa shape index (κ2) is 6.58. The molecular weight excluding hydrogens is 311 g/mol. The first-order chi connectivity index (χ1) is 11.8. The molecule has 25 heavy (non-hydrogen) atoms. The summed E-state index contributed by atoms with van der Waals surface area (Å²) in [5, 5.41) is 11.2. The van der Waals surface area contributed by atoms with Crippen molar-refractivity contribution in [3.05, 3.63) is 54.9 Å². The molecule has 0 fully saturated rings. The Hall–Kier alpha value is -2.24. The molecule has 1 aromatic carbocycles. The van der Waals surface area contributed by atoms with Crippen LogP contribution in [0.4, 0.5) is 0 Å². The quantitative estimate of drug-likeness (QED) is 0.729. The van der Waals surface area contributed by atoms with E-state index in [9.17, 15) is 5.11 Å². The van der Waals surface area contributed by atoms with Crippen LogP contribution in [0.2, 0.25) is 0 Å². The topological polar surface area (TPSA) is 55.2 Å². The highest BCUT2D eigenvalue weighted by molar-refractivity contribution is 6.46. The van der Waals surface area contributed by atoms with Crippen LogP contribution in [0.5, 0.6) is 0 Å². The maximum atomic E-state index is 10.1. The van der Waals surface area contributed by atoms with Gasteiger partial charge in [-0.2, -0.15) is 0 Å². The molecule has 0 atom stereocenters. The van der Waals surface area contributed by atoms with Gasteiger partial charge in [-0.15, -0.1) is 0 Å². The van der Waals surface area contributed by atoms with Crippen LogP contribution < -0.4 is 5.46 Å². The molecule has 0 unspecified atom stereocenters. The van der Waals surface area contributed by atoms with Crippen LogP contribution in [0.25, 0.3) is 22.2 Å². The minimum atomic E-state index is -0.953. The summed E-state index contributed by atoms with van der Waals surface area (Å²) in [4.78, 5) is 9.02. The molecule has 3 aromatic rings. The van der Waals surface area contributed by atoms with Gasteiger partial charge in [-0.05, 0) is 45.3 Å². The van der Waals surface area contributed by atoms with Crippen molar-refractivity contribution in [1.82, 2.24) is 9.97 Å². The van der Waals surface area contributed by atoms with E-state index in [4.69, 9.17) is 4.65 Å². The van der Waals surface area contributed by atoms with Gasteiger partial charge in [0.05, 0.1) is 22.4 Å². The Morgan fingerprint density at radius 1 is 0.960 bits per heavy atom. The van der Waals surface area contributed by atoms with E-state index in [1.54, 1.807) is 33.7 Å². The third-order valence-electron chi connectivity index (χ3n) is 4.66. The van der Waals surface area contributed by atoms with Crippen molar-refractivity contribution in [2.24, 2.45) is 0 Å². The largest absolute Gasteiger partial charge is 0.427 e. The molecule has 0 saturated heterocycles. The van der Waals surface area contributed by atoms with Crippen molar-refractivity contribution in [2.45, 2.75) is 38.9 Å². The maximum Gasteiger partial charge on any atom is 0.332 e. The van der Waals surface area contributed by atoms with Crippen molar-refractivity contribution < 1.29 is 9.76 Å². The molecule has 2 aromatic heterocycles. The molecule has 0 spiro atoms. The van der Waals surface area contributed by atoms with E-state index in [2.05, 4.69) is 9.97 Å². The summed E-state index contributed by atoms with van der Waals surface area (Å²) in [6.45, 7) is 7.17. The Bertz CT molecular complexity index is 865. The molecule has 1 N–H and O–H groups in total. The molecular formula is C20H22BN2O2. The van der Waals surface area contributed by atoms with Crippen LogP contribution in [0.1, 0.15) is 27.7 Å². The first kappa shape index (κ1) is 17.6. The second-order valence-electron chi connectivity index (χ2n) is 7.16. The molecule has 0 aliphatic heterocycles. The molecule has 5 heteroatoms. The summed E-state index contributed by atoms with van der Waals surface area (Å²) in [6, 6.07) is 14.0. The molecule has 2 heterocycles. The Balaban J connectivity index is 1.81. The monoisotopic (exact) mass is 333 g/mol. The number of aromatic nitrogens is 2. The number of hydrogen-bond acceptors (Lipinski definition) is 4. The first-order valence-corrected chi connectivity index (χ1v) is 8.31. The van der Waals surface area contributed by atoms with Gasteiger partial charge in [0.2, 0.25) is 0 Å². The van der Waals surface area contributed by atoms with E-state index in [0.29, 0.717) is 0 Å². The Morgan fingerprint density at radius 3 is 2.40 bits per heavy atom. The summed E-state index contributed by atoms with van der Waals surface area (Å²) in [7, 11) is 1.64. The minimum Gasteiger partial charge on any atom is -0.427 e. The lowest BCUT2D eigenvalue weighted by molar-refractivity contribution is -0.0893. The highest BCUT2D eigenvalue weighted by Gasteiger charge is 2.35. The number of aliphatic hydroxyl groups is 1. The van der Waals surface area contributed by atoms with Gasteiger partial charge < -0.3 is 9.76 Å². The van der Waals surface area contributed by atoms with E-state index in [1.165, 1.54) is 0 Å². The fourth-order valence-corrected chi connectivity index (χ4v) is 2.30. The standard InChI is InChI=1S/C20H22BN2O2/c1-19(2,24)20(3,4)25-21-15-10-11-17(23-13-15)16-9-5-7-14-8-6-12-22-18(14)16/h5-13,24H,1-4H3. The van der Waals surface area contributed by atoms with Crippen LogP contribution in [0.15, 0.2) is 54.9 Å². The summed E-state index contributed by atoms with van der Waals surface area (Å²) in [5.74, 6) is 0. The van der Waals surface area contributed by atoms with Gasteiger partial charge in [-0.1, -0.05) is 30.3 Å². The van der Waals surface area contributed by atoms with E-state index < -0.39 is 11.2 Å². The Labute approximate surface area is 149 Å². The van der Waals surface area contributed by atoms with Crippen LogP contribution in [-0.4, -0.2) is 33.8 Å². The molecule has 0 amide bonds. The Morgan fingerprint density at radius 2 is 1.72 bits per heavy atom. The summed E-state index contributed by atoms with van der Waals surface area (Å²) in [6.07, 6.45) is 3.55. The van der Waals surface area contributed by atoms with Crippen molar-refractivity contribution in [3.63, 3.8) is 0 Å². The van der Waals surface area contributed by atoms with Crippen molar-refractivity contribution in [1.29, 1.82) is 0 Å². The number of rotatable bonds is 5. The van der Waals surface area contributed by atoms with Crippen LogP contribution in [0, 0.1) is 0 Å². The molecule has 0 bridgehead atoms. The smallest absolute Gasteiger partial charge is 0.332 e. The lowest BCUT2D eigenvalue weighted by atomic mass is 9.83.